The Morgan fingerprint density at radius 2 is 1.82 bits per heavy atom. The summed E-state index contributed by atoms with van der Waals surface area (Å²) >= 11 is 0. The lowest BCUT2D eigenvalue weighted by Gasteiger charge is -2.02. The van der Waals surface area contributed by atoms with Gasteiger partial charge in [-0.25, -0.2) is 9.97 Å². The number of rotatable bonds is 3. The molecule has 3 nitrogen and oxygen atoms in total. The SMILES string of the molecule is Cc1ccc(-c2ncc(CC3CO3)cn2)cc1. The first-order chi connectivity index (χ1) is 8.31. The first-order valence-electron chi connectivity index (χ1n) is 5.81. The Labute approximate surface area is 100 Å². The average molecular weight is 226 g/mol. The van der Waals surface area contributed by atoms with Crippen molar-refractivity contribution >= 4 is 0 Å². The molecular formula is C14H14N2O. The van der Waals surface area contributed by atoms with Gasteiger partial charge in [0.25, 0.3) is 0 Å². The first-order valence-corrected chi connectivity index (χ1v) is 5.81. The second-order valence-corrected chi connectivity index (χ2v) is 4.44. The number of benzene rings is 1. The molecule has 1 unspecified atom stereocenters. The predicted molar refractivity (Wildman–Crippen MR) is 65.6 cm³/mol. The van der Waals surface area contributed by atoms with Gasteiger partial charge < -0.3 is 4.74 Å². The lowest BCUT2D eigenvalue weighted by Crippen LogP contribution is -1.96. The van der Waals surface area contributed by atoms with Gasteiger partial charge in [0, 0.05) is 24.4 Å². The fourth-order valence-electron chi connectivity index (χ4n) is 1.76. The van der Waals surface area contributed by atoms with E-state index in [1.165, 1.54) is 5.56 Å². The number of nitrogens with zero attached hydrogens (tertiary/aromatic N) is 2. The van der Waals surface area contributed by atoms with Crippen molar-refractivity contribution in [3.8, 4) is 11.4 Å². The highest BCUT2D eigenvalue weighted by Crippen LogP contribution is 2.18. The van der Waals surface area contributed by atoms with Crippen molar-refractivity contribution in [2.24, 2.45) is 0 Å². The van der Waals surface area contributed by atoms with Crippen molar-refractivity contribution in [3.63, 3.8) is 0 Å². The standard InChI is InChI=1S/C14H14N2O/c1-10-2-4-12(5-3-10)14-15-7-11(8-16-14)6-13-9-17-13/h2-5,7-8,13H,6,9H2,1H3. The van der Waals surface area contributed by atoms with Gasteiger partial charge in [-0.15, -0.1) is 0 Å². The van der Waals surface area contributed by atoms with Gasteiger partial charge in [-0.3, -0.25) is 0 Å². The monoisotopic (exact) mass is 226 g/mol. The number of hydrogen-bond acceptors (Lipinski definition) is 3. The van der Waals surface area contributed by atoms with E-state index in [0.29, 0.717) is 6.10 Å². The van der Waals surface area contributed by atoms with Crippen LogP contribution in [0.25, 0.3) is 11.4 Å². The molecule has 0 aliphatic carbocycles. The maximum absolute atomic E-state index is 5.18. The maximum atomic E-state index is 5.18. The normalized spacial score (nSPS) is 18.1. The van der Waals surface area contributed by atoms with Crippen LogP contribution in [-0.2, 0) is 11.2 Å². The molecule has 3 heteroatoms. The molecule has 0 N–H and O–H groups in total. The molecular weight excluding hydrogens is 212 g/mol. The van der Waals surface area contributed by atoms with E-state index in [4.69, 9.17) is 4.74 Å². The largest absolute Gasteiger partial charge is 0.373 e. The van der Waals surface area contributed by atoms with Crippen LogP contribution in [0.5, 0.6) is 0 Å². The van der Waals surface area contributed by atoms with Crippen LogP contribution >= 0.6 is 0 Å². The van der Waals surface area contributed by atoms with Crippen molar-refractivity contribution in [2.45, 2.75) is 19.4 Å². The third-order valence-electron chi connectivity index (χ3n) is 2.88. The lowest BCUT2D eigenvalue weighted by molar-refractivity contribution is 0.407. The number of aryl methyl sites for hydroxylation is 1. The van der Waals surface area contributed by atoms with E-state index < -0.39 is 0 Å². The molecule has 1 atom stereocenters. The van der Waals surface area contributed by atoms with Gasteiger partial charge in [-0.1, -0.05) is 29.8 Å². The average Bonchev–Trinajstić information content (AvgIpc) is 3.15. The topological polar surface area (TPSA) is 38.3 Å². The molecule has 1 fully saturated rings. The summed E-state index contributed by atoms with van der Waals surface area (Å²) in [6, 6.07) is 8.25. The molecule has 17 heavy (non-hydrogen) atoms. The molecule has 2 heterocycles. The highest BCUT2D eigenvalue weighted by Gasteiger charge is 2.22. The third-order valence-corrected chi connectivity index (χ3v) is 2.88. The zero-order valence-electron chi connectivity index (χ0n) is 9.76. The first kappa shape index (κ1) is 10.4. The molecule has 3 rings (SSSR count). The van der Waals surface area contributed by atoms with Crippen LogP contribution in [-0.4, -0.2) is 22.7 Å². The van der Waals surface area contributed by atoms with Crippen LogP contribution < -0.4 is 0 Å². The minimum Gasteiger partial charge on any atom is -0.373 e. The molecule has 1 aromatic heterocycles. The van der Waals surface area contributed by atoms with Gasteiger partial charge in [0.1, 0.15) is 0 Å². The Balaban J connectivity index is 1.80. The number of epoxide rings is 1. The van der Waals surface area contributed by atoms with Gasteiger partial charge >= 0.3 is 0 Å². The van der Waals surface area contributed by atoms with Crippen LogP contribution in [0.4, 0.5) is 0 Å². The summed E-state index contributed by atoms with van der Waals surface area (Å²) in [6.07, 6.45) is 5.10. The fourth-order valence-corrected chi connectivity index (χ4v) is 1.76. The zero-order valence-corrected chi connectivity index (χ0v) is 9.76. The third kappa shape index (κ3) is 2.50. The quantitative estimate of drug-likeness (QED) is 0.754. The molecule has 1 saturated heterocycles. The van der Waals surface area contributed by atoms with Crippen LogP contribution in [0.15, 0.2) is 36.7 Å². The second-order valence-electron chi connectivity index (χ2n) is 4.44. The second kappa shape index (κ2) is 4.26. The maximum Gasteiger partial charge on any atom is 0.159 e. The molecule has 0 spiro atoms. The summed E-state index contributed by atoms with van der Waals surface area (Å²) in [4.78, 5) is 8.79. The van der Waals surface area contributed by atoms with Crippen LogP contribution in [0, 0.1) is 6.92 Å². The molecule has 0 saturated carbocycles. The molecule has 1 aromatic carbocycles. The summed E-state index contributed by atoms with van der Waals surface area (Å²) < 4.78 is 5.18. The number of ether oxygens (including phenoxy) is 1. The lowest BCUT2D eigenvalue weighted by atomic mass is 10.1. The van der Waals surface area contributed by atoms with Crippen molar-refractivity contribution in [1.29, 1.82) is 0 Å². The summed E-state index contributed by atoms with van der Waals surface area (Å²) in [7, 11) is 0. The highest BCUT2D eigenvalue weighted by atomic mass is 16.6. The van der Waals surface area contributed by atoms with Crippen LogP contribution in [0.2, 0.25) is 0 Å². The van der Waals surface area contributed by atoms with Gasteiger partial charge in [0.05, 0.1) is 12.7 Å². The van der Waals surface area contributed by atoms with Crippen LogP contribution in [0.3, 0.4) is 0 Å². The van der Waals surface area contributed by atoms with Crippen LogP contribution in [0.1, 0.15) is 11.1 Å². The number of aromatic nitrogens is 2. The van der Waals surface area contributed by atoms with E-state index in [9.17, 15) is 0 Å². The van der Waals surface area contributed by atoms with Crippen molar-refractivity contribution in [2.75, 3.05) is 6.61 Å². The van der Waals surface area contributed by atoms with Crippen molar-refractivity contribution < 1.29 is 4.74 Å². The van der Waals surface area contributed by atoms with Gasteiger partial charge in [0.2, 0.25) is 0 Å². The Morgan fingerprint density at radius 3 is 2.41 bits per heavy atom. The van der Waals surface area contributed by atoms with Gasteiger partial charge in [-0.05, 0) is 12.5 Å². The summed E-state index contributed by atoms with van der Waals surface area (Å²) in [6.45, 7) is 2.95. The van der Waals surface area contributed by atoms with E-state index in [0.717, 1.165) is 30.0 Å². The fraction of sp³-hybridized carbons (Fsp3) is 0.286. The highest BCUT2D eigenvalue weighted by molar-refractivity contribution is 5.54. The van der Waals surface area contributed by atoms with Crippen molar-refractivity contribution in [3.05, 3.63) is 47.8 Å². The van der Waals surface area contributed by atoms with Crippen molar-refractivity contribution in [1.82, 2.24) is 9.97 Å². The summed E-state index contributed by atoms with van der Waals surface area (Å²) in [5.74, 6) is 0.783. The predicted octanol–water partition coefficient (Wildman–Crippen LogP) is 2.39. The molecule has 0 amide bonds. The van der Waals surface area contributed by atoms with E-state index in [1.807, 2.05) is 24.5 Å². The summed E-state index contributed by atoms with van der Waals surface area (Å²) in [5.41, 5.74) is 3.45. The van der Waals surface area contributed by atoms with E-state index in [2.05, 4.69) is 29.0 Å². The van der Waals surface area contributed by atoms with E-state index >= 15 is 0 Å². The molecule has 1 aliphatic rings. The smallest absolute Gasteiger partial charge is 0.159 e. The number of hydrogen-bond donors (Lipinski definition) is 0. The zero-order chi connectivity index (χ0) is 11.7. The summed E-state index contributed by atoms with van der Waals surface area (Å²) in [5, 5.41) is 0. The molecule has 86 valence electrons. The molecule has 0 bridgehead atoms. The Hall–Kier alpha value is -1.74. The Morgan fingerprint density at radius 1 is 1.18 bits per heavy atom. The minimum absolute atomic E-state index is 0.392. The van der Waals surface area contributed by atoms with Gasteiger partial charge in [-0.2, -0.15) is 0 Å². The molecule has 2 aromatic rings. The van der Waals surface area contributed by atoms with Gasteiger partial charge in [0.15, 0.2) is 5.82 Å². The molecule has 1 aliphatic heterocycles. The Bertz CT molecular complexity index is 501. The minimum atomic E-state index is 0.392. The van der Waals surface area contributed by atoms with E-state index in [-0.39, 0.29) is 0 Å². The molecule has 0 radical (unpaired) electrons. The Kier molecular flexibility index (Phi) is 2.61. The van der Waals surface area contributed by atoms with E-state index in [1.54, 1.807) is 0 Å².